The number of rotatable bonds is 7. The van der Waals surface area contributed by atoms with E-state index in [4.69, 9.17) is 5.11 Å². The number of aliphatic hydroxyl groups excluding tert-OH is 1. The highest BCUT2D eigenvalue weighted by Crippen LogP contribution is 2.19. The van der Waals surface area contributed by atoms with Gasteiger partial charge in [0.15, 0.2) is 0 Å². The van der Waals surface area contributed by atoms with Crippen LogP contribution in [0.5, 0.6) is 5.75 Å². The third-order valence-electron chi connectivity index (χ3n) is 3.00. The van der Waals surface area contributed by atoms with Crippen LogP contribution < -0.4 is 15.4 Å². The molecule has 0 saturated carbocycles. The second kappa shape index (κ2) is 8.41. The summed E-state index contributed by atoms with van der Waals surface area (Å²) in [6.45, 7) is 0.633. The van der Waals surface area contributed by atoms with E-state index in [1.807, 2.05) is 6.92 Å². The van der Waals surface area contributed by atoms with Crippen LogP contribution >= 0.6 is 0 Å². The quantitative estimate of drug-likeness (QED) is 0.724. The highest BCUT2D eigenvalue weighted by Gasteiger charge is 2.13. The topological polar surface area (TPSA) is 70.6 Å². The first kappa shape index (κ1) is 17.2. The van der Waals surface area contributed by atoms with Gasteiger partial charge in [-0.3, -0.25) is 0 Å². The molecule has 0 spiro atoms. The number of hydrogen-bond donors (Lipinski definition) is 3. The smallest absolute Gasteiger partial charge is 0.387 e. The van der Waals surface area contributed by atoms with E-state index in [9.17, 15) is 13.6 Å². The van der Waals surface area contributed by atoms with Crippen molar-refractivity contribution in [3.8, 4) is 5.75 Å². The Morgan fingerprint density at radius 1 is 1.29 bits per heavy atom. The summed E-state index contributed by atoms with van der Waals surface area (Å²) in [6, 6.07) is 5.05. The monoisotopic (exact) mass is 302 g/mol. The number of hydrogen-bond acceptors (Lipinski definition) is 3. The van der Waals surface area contributed by atoms with Gasteiger partial charge in [0.1, 0.15) is 5.75 Å². The van der Waals surface area contributed by atoms with Crippen LogP contribution in [0.2, 0.25) is 0 Å². The lowest BCUT2D eigenvalue weighted by Crippen LogP contribution is -2.44. The molecule has 7 heteroatoms. The number of ether oxygens (including phenoxy) is 1. The first-order valence-corrected chi connectivity index (χ1v) is 6.68. The Labute approximate surface area is 122 Å². The van der Waals surface area contributed by atoms with E-state index in [2.05, 4.69) is 15.4 Å². The van der Waals surface area contributed by atoms with E-state index in [1.165, 1.54) is 12.1 Å². The first-order chi connectivity index (χ1) is 9.96. The van der Waals surface area contributed by atoms with Crippen molar-refractivity contribution in [2.75, 3.05) is 6.61 Å². The maximum absolute atomic E-state index is 12.0. The molecule has 2 atom stereocenters. The summed E-state index contributed by atoms with van der Waals surface area (Å²) in [6.07, 6.45) is 0.623. The number of alkyl halides is 2. The number of carbonyl (C=O) groups is 1. The molecule has 0 aliphatic heterocycles. The average molecular weight is 302 g/mol. The van der Waals surface area contributed by atoms with Crippen LogP contribution in [-0.2, 0) is 0 Å². The summed E-state index contributed by atoms with van der Waals surface area (Å²) in [5, 5.41) is 14.3. The van der Waals surface area contributed by atoms with Gasteiger partial charge in [-0.25, -0.2) is 4.79 Å². The summed E-state index contributed by atoms with van der Waals surface area (Å²) in [4.78, 5) is 11.7. The second-order valence-corrected chi connectivity index (χ2v) is 4.57. The van der Waals surface area contributed by atoms with Crippen molar-refractivity contribution in [3.05, 3.63) is 29.8 Å². The minimum atomic E-state index is -2.86. The number of benzene rings is 1. The van der Waals surface area contributed by atoms with Crippen LogP contribution in [0.1, 0.15) is 31.9 Å². The van der Waals surface area contributed by atoms with Gasteiger partial charge in [-0.15, -0.1) is 0 Å². The number of halogens is 2. The molecule has 2 amide bonds. The predicted octanol–water partition coefficient (Wildman–Crippen LogP) is 2.42. The fraction of sp³-hybridized carbons (Fsp3) is 0.500. The number of aliphatic hydroxyl groups is 1. The van der Waals surface area contributed by atoms with E-state index in [-0.39, 0.29) is 24.4 Å². The standard InChI is InChI=1S/C14H20F2N2O3/c1-3-11(8-19)18-14(20)17-9(2)10-4-6-12(7-5-10)21-13(15)16/h4-7,9,11,13,19H,3,8H2,1-2H3,(H2,17,18,20). The van der Waals surface area contributed by atoms with E-state index < -0.39 is 12.6 Å². The van der Waals surface area contributed by atoms with Gasteiger partial charge in [-0.1, -0.05) is 19.1 Å². The normalized spacial score (nSPS) is 13.6. The molecule has 1 aromatic rings. The number of carbonyl (C=O) groups excluding carboxylic acids is 1. The molecule has 3 N–H and O–H groups in total. The second-order valence-electron chi connectivity index (χ2n) is 4.57. The molecule has 0 heterocycles. The van der Waals surface area contributed by atoms with Gasteiger partial charge in [0.2, 0.25) is 0 Å². The van der Waals surface area contributed by atoms with Gasteiger partial charge in [-0.2, -0.15) is 8.78 Å². The van der Waals surface area contributed by atoms with Crippen molar-refractivity contribution < 1.29 is 23.4 Å². The van der Waals surface area contributed by atoms with E-state index in [0.29, 0.717) is 6.42 Å². The Balaban J connectivity index is 2.54. The van der Waals surface area contributed by atoms with E-state index in [1.54, 1.807) is 19.1 Å². The summed E-state index contributed by atoms with van der Waals surface area (Å²) in [7, 11) is 0. The average Bonchev–Trinajstić information content (AvgIpc) is 2.44. The van der Waals surface area contributed by atoms with Crippen molar-refractivity contribution in [3.63, 3.8) is 0 Å². The minimum Gasteiger partial charge on any atom is -0.435 e. The number of nitrogens with one attached hydrogen (secondary N) is 2. The molecule has 118 valence electrons. The Hall–Kier alpha value is -1.89. The van der Waals surface area contributed by atoms with Crippen LogP contribution in [0, 0.1) is 0 Å². The van der Waals surface area contributed by atoms with Crippen molar-refractivity contribution in [2.24, 2.45) is 0 Å². The summed E-state index contributed by atoms with van der Waals surface area (Å²) in [5.41, 5.74) is 0.754. The first-order valence-electron chi connectivity index (χ1n) is 6.68. The zero-order valence-corrected chi connectivity index (χ0v) is 12.0. The molecule has 0 aliphatic rings. The van der Waals surface area contributed by atoms with Crippen LogP contribution in [-0.4, -0.2) is 30.4 Å². The predicted molar refractivity (Wildman–Crippen MR) is 74.3 cm³/mol. The zero-order chi connectivity index (χ0) is 15.8. The maximum atomic E-state index is 12.0. The van der Waals surface area contributed by atoms with E-state index in [0.717, 1.165) is 5.56 Å². The summed E-state index contributed by atoms with van der Waals surface area (Å²) >= 11 is 0. The number of urea groups is 1. The molecule has 0 bridgehead atoms. The van der Waals surface area contributed by atoms with Crippen molar-refractivity contribution in [1.82, 2.24) is 10.6 Å². The third kappa shape index (κ3) is 5.95. The molecule has 0 saturated heterocycles. The largest absolute Gasteiger partial charge is 0.435 e. The Bertz CT molecular complexity index is 436. The van der Waals surface area contributed by atoms with Crippen LogP contribution in [0.25, 0.3) is 0 Å². The fourth-order valence-electron chi connectivity index (χ4n) is 1.72. The maximum Gasteiger partial charge on any atom is 0.387 e. The Morgan fingerprint density at radius 2 is 1.90 bits per heavy atom. The molecule has 1 aromatic carbocycles. The Kier molecular flexibility index (Phi) is 6.87. The van der Waals surface area contributed by atoms with Crippen LogP contribution in [0.3, 0.4) is 0 Å². The lowest BCUT2D eigenvalue weighted by atomic mass is 10.1. The molecule has 0 fully saturated rings. The molecule has 0 radical (unpaired) electrons. The molecule has 1 rings (SSSR count). The third-order valence-corrected chi connectivity index (χ3v) is 3.00. The highest BCUT2D eigenvalue weighted by atomic mass is 19.3. The molecule has 21 heavy (non-hydrogen) atoms. The van der Waals surface area contributed by atoms with Gasteiger partial charge in [0.05, 0.1) is 18.7 Å². The molecule has 5 nitrogen and oxygen atoms in total. The lowest BCUT2D eigenvalue weighted by Gasteiger charge is -2.19. The highest BCUT2D eigenvalue weighted by molar-refractivity contribution is 5.74. The number of amides is 2. The molecule has 0 aromatic heterocycles. The fourth-order valence-corrected chi connectivity index (χ4v) is 1.72. The summed E-state index contributed by atoms with van der Waals surface area (Å²) < 4.78 is 28.3. The van der Waals surface area contributed by atoms with Crippen molar-refractivity contribution in [1.29, 1.82) is 0 Å². The molecule has 0 aliphatic carbocycles. The van der Waals surface area contributed by atoms with Gasteiger partial charge in [0, 0.05) is 0 Å². The van der Waals surface area contributed by atoms with Crippen molar-refractivity contribution >= 4 is 6.03 Å². The summed E-state index contributed by atoms with van der Waals surface area (Å²) in [5.74, 6) is 0.0664. The molecular weight excluding hydrogens is 282 g/mol. The van der Waals surface area contributed by atoms with Gasteiger partial charge in [0.25, 0.3) is 0 Å². The molecular formula is C14H20F2N2O3. The minimum absolute atomic E-state index is 0.0664. The van der Waals surface area contributed by atoms with Crippen LogP contribution in [0.4, 0.5) is 13.6 Å². The molecule has 2 unspecified atom stereocenters. The lowest BCUT2D eigenvalue weighted by molar-refractivity contribution is -0.0498. The van der Waals surface area contributed by atoms with Crippen LogP contribution in [0.15, 0.2) is 24.3 Å². The van der Waals surface area contributed by atoms with Gasteiger partial charge < -0.3 is 20.5 Å². The Morgan fingerprint density at radius 3 is 2.38 bits per heavy atom. The van der Waals surface area contributed by atoms with Gasteiger partial charge >= 0.3 is 12.6 Å². The zero-order valence-electron chi connectivity index (χ0n) is 12.0. The van der Waals surface area contributed by atoms with Crippen molar-refractivity contribution in [2.45, 2.75) is 39.0 Å². The van der Waals surface area contributed by atoms with E-state index >= 15 is 0 Å². The SMILES string of the molecule is CCC(CO)NC(=O)NC(C)c1ccc(OC(F)F)cc1. The van der Waals surface area contributed by atoms with Gasteiger partial charge in [-0.05, 0) is 31.0 Å².